The molecule has 0 aliphatic carbocycles. The van der Waals surface area contributed by atoms with Gasteiger partial charge in [0.05, 0.1) is 6.61 Å². The molecule has 0 atom stereocenters. The van der Waals surface area contributed by atoms with E-state index in [2.05, 4.69) is 36.5 Å². The van der Waals surface area contributed by atoms with Crippen molar-refractivity contribution in [1.29, 1.82) is 0 Å². The average Bonchev–Trinajstić information content (AvgIpc) is 2.52. The fourth-order valence-electron chi connectivity index (χ4n) is 2.12. The highest BCUT2D eigenvalue weighted by Crippen LogP contribution is 2.21. The van der Waals surface area contributed by atoms with E-state index in [0.29, 0.717) is 13.2 Å². The molecule has 0 heterocycles. The van der Waals surface area contributed by atoms with Crippen LogP contribution in [-0.4, -0.2) is 20.3 Å². The van der Waals surface area contributed by atoms with Gasteiger partial charge in [0.15, 0.2) is 0 Å². The predicted octanol–water partition coefficient (Wildman–Crippen LogP) is 3.31. The van der Waals surface area contributed by atoms with Gasteiger partial charge in [0.2, 0.25) is 0 Å². The first kappa shape index (κ1) is 15.5. The molecule has 3 nitrogen and oxygen atoms in total. The summed E-state index contributed by atoms with van der Waals surface area (Å²) < 4.78 is 11.0. The molecule has 2 aromatic rings. The molecular weight excluding hydrogens is 262 g/mol. The van der Waals surface area contributed by atoms with Crippen LogP contribution < -0.4 is 10.1 Å². The quantitative estimate of drug-likeness (QED) is 0.755. The molecule has 0 aliphatic heterocycles. The van der Waals surface area contributed by atoms with E-state index in [-0.39, 0.29) is 0 Å². The highest BCUT2D eigenvalue weighted by Gasteiger charge is 2.04. The molecule has 0 amide bonds. The summed E-state index contributed by atoms with van der Waals surface area (Å²) in [4.78, 5) is 0. The van der Waals surface area contributed by atoms with Crippen molar-refractivity contribution in [2.24, 2.45) is 0 Å². The third-order valence-electron chi connectivity index (χ3n) is 3.25. The second kappa shape index (κ2) is 8.45. The number of hydrogen-bond acceptors (Lipinski definition) is 3. The van der Waals surface area contributed by atoms with Crippen LogP contribution >= 0.6 is 0 Å². The van der Waals surface area contributed by atoms with E-state index in [1.807, 2.05) is 24.3 Å². The van der Waals surface area contributed by atoms with Crippen molar-refractivity contribution in [1.82, 2.24) is 5.32 Å². The molecule has 0 saturated heterocycles. The summed E-state index contributed by atoms with van der Waals surface area (Å²) in [5.41, 5.74) is 3.60. The topological polar surface area (TPSA) is 30.5 Å². The van der Waals surface area contributed by atoms with E-state index in [1.165, 1.54) is 16.7 Å². The minimum atomic E-state index is 0.592. The number of rotatable bonds is 8. The fourth-order valence-corrected chi connectivity index (χ4v) is 2.12. The average molecular weight is 285 g/mol. The van der Waals surface area contributed by atoms with Crippen molar-refractivity contribution < 1.29 is 9.47 Å². The zero-order valence-electron chi connectivity index (χ0n) is 12.8. The van der Waals surface area contributed by atoms with Gasteiger partial charge in [-0.3, -0.25) is 0 Å². The summed E-state index contributed by atoms with van der Waals surface area (Å²) in [6.07, 6.45) is 0. The SMILES string of the molecule is COCCNCc1cc(C)ccc1OCc1ccccc1. The van der Waals surface area contributed by atoms with Crippen LogP contribution in [0.25, 0.3) is 0 Å². The van der Waals surface area contributed by atoms with Crippen molar-refractivity contribution in [2.75, 3.05) is 20.3 Å². The summed E-state index contributed by atoms with van der Waals surface area (Å²) in [7, 11) is 1.71. The van der Waals surface area contributed by atoms with Crippen LogP contribution in [-0.2, 0) is 17.9 Å². The van der Waals surface area contributed by atoms with Crippen molar-refractivity contribution in [3.8, 4) is 5.75 Å². The number of ether oxygens (including phenoxy) is 2. The van der Waals surface area contributed by atoms with E-state index in [9.17, 15) is 0 Å². The molecule has 0 aliphatic rings. The lowest BCUT2D eigenvalue weighted by Gasteiger charge is -2.13. The zero-order valence-corrected chi connectivity index (χ0v) is 12.8. The van der Waals surface area contributed by atoms with Crippen LogP contribution in [0.1, 0.15) is 16.7 Å². The van der Waals surface area contributed by atoms with Gasteiger partial charge in [-0.25, -0.2) is 0 Å². The maximum absolute atomic E-state index is 5.96. The fraction of sp³-hybridized carbons (Fsp3) is 0.333. The molecule has 1 N–H and O–H groups in total. The third-order valence-corrected chi connectivity index (χ3v) is 3.25. The second-order valence-electron chi connectivity index (χ2n) is 5.06. The molecule has 0 fully saturated rings. The van der Waals surface area contributed by atoms with E-state index in [4.69, 9.17) is 9.47 Å². The summed E-state index contributed by atoms with van der Waals surface area (Å²) >= 11 is 0. The van der Waals surface area contributed by atoms with E-state index in [1.54, 1.807) is 7.11 Å². The normalized spacial score (nSPS) is 10.6. The minimum absolute atomic E-state index is 0.592. The Bertz CT molecular complexity index is 540. The van der Waals surface area contributed by atoms with Crippen molar-refractivity contribution in [2.45, 2.75) is 20.1 Å². The molecule has 0 radical (unpaired) electrons. The minimum Gasteiger partial charge on any atom is -0.489 e. The van der Waals surface area contributed by atoms with Crippen LogP contribution in [0.4, 0.5) is 0 Å². The summed E-state index contributed by atoms with van der Waals surface area (Å²) in [6, 6.07) is 16.5. The lowest BCUT2D eigenvalue weighted by atomic mass is 10.1. The Morgan fingerprint density at radius 1 is 1.05 bits per heavy atom. The smallest absolute Gasteiger partial charge is 0.124 e. The number of nitrogens with one attached hydrogen (secondary N) is 1. The summed E-state index contributed by atoms with van der Waals surface area (Å²) in [5, 5.41) is 3.36. The number of benzene rings is 2. The van der Waals surface area contributed by atoms with Crippen molar-refractivity contribution in [3.05, 3.63) is 65.2 Å². The van der Waals surface area contributed by atoms with Crippen LogP contribution in [0.2, 0.25) is 0 Å². The van der Waals surface area contributed by atoms with Gasteiger partial charge in [0.25, 0.3) is 0 Å². The van der Waals surface area contributed by atoms with Gasteiger partial charge in [-0.05, 0) is 18.6 Å². The lowest BCUT2D eigenvalue weighted by molar-refractivity contribution is 0.199. The van der Waals surface area contributed by atoms with Crippen LogP contribution in [0.5, 0.6) is 5.75 Å². The Morgan fingerprint density at radius 2 is 1.86 bits per heavy atom. The number of hydrogen-bond donors (Lipinski definition) is 1. The molecule has 0 bridgehead atoms. The summed E-state index contributed by atoms with van der Waals surface area (Å²) in [5.74, 6) is 0.939. The van der Waals surface area contributed by atoms with E-state index in [0.717, 1.165) is 18.8 Å². The highest BCUT2D eigenvalue weighted by molar-refractivity contribution is 5.37. The first-order valence-corrected chi connectivity index (χ1v) is 7.25. The Kier molecular flexibility index (Phi) is 6.25. The monoisotopic (exact) mass is 285 g/mol. The predicted molar refractivity (Wildman–Crippen MR) is 85.5 cm³/mol. The molecule has 2 aromatic carbocycles. The molecule has 0 unspecified atom stereocenters. The molecule has 0 spiro atoms. The molecular formula is C18H23NO2. The van der Waals surface area contributed by atoms with Gasteiger partial charge in [-0.15, -0.1) is 0 Å². The van der Waals surface area contributed by atoms with Crippen molar-refractivity contribution >= 4 is 0 Å². The third kappa shape index (κ3) is 5.21. The van der Waals surface area contributed by atoms with Crippen molar-refractivity contribution in [3.63, 3.8) is 0 Å². The Balaban J connectivity index is 1.97. The zero-order chi connectivity index (χ0) is 14.9. The van der Waals surface area contributed by atoms with Crippen LogP contribution in [0.3, 0.4) is 0 Å². The van der Waals surface area contributed by atoms with Gasteiger partial charge in [-0.1, -0.05) is 48.0 Å². The Hall–Kier alpha value is -1.84. The van der Waals surface area contributed by atoms with E-state index >= 15 is 0 Å². The van der Waals surface area contributed by atoms with E-state index < -0.39 is 0 Å². The maximum atomic E-state index is 5.96. The van der Waals surface area contributed by atoms with Crippen LogP contribution in [0.15, 0.2) is 48.5 Å². The van der Waals surface area contributed by atoms with Gasteiger partial charge in [-0.2, -0.15) is 0 Å². The van der Waals surface area contributed by atoms with Gasteiger partial charge >= 0.3 is 0 Å². The first-order valence-electron chi connectivity index (χ1n) is 7.25. The standard InChI is InChI=1S/C18H23NO2/c1-15-8-9-18(17(12-15)13-19-10-11-20-2)21-14-16-6-4-3-5-7-16/h3-9,12,19H,10-11,13-14H2,1-2H3. The molecule has 0 saturated carbocycles. The molecule has 21 heavy (non-hydrogen) atoms. The molecule has 112 valence electrons. The van der Waals surface area contributed by atoms with Crippen LogP contribution in [0, 0.1) is 6.92 Å². The maximum Gasteiger partial charge on any atom is 0.124 e. The Morgan fingerprint density at radius 3 is 2.62 bits per heavy atom. The first-order chi connectivity index (χ1) is 10.3. The second-order valence-corrected chi connectivity index (χ2v) is 5.06. The van der Waals surface area contributed by atoms with Gasteiger partial charge in [0.1, 0.15) is 12.4 Å². The lowest BCUT2D eigenvalue weighted by Crippen LogP contribution is -2.19. The van der Waals surface area contributed by atoms with Gasteiger partial charge < -0.3 is 14.8 Å². The van der Waals surface area contributed by atoms with Gasteiger partial charge in [0, 0.05) is 25.8 Å². The molecule has 2 rings (SSSR count). The highest BCUT2D eigenvalue weighted by atomic mass is 16.5. The number of aryl methyl sites for hydroxylation is 1. The molecule has 3 heteroatoms. The largest absolute Gasteiger partial charge is 0.489 e. The summed E-state index contributed by atoms with van der Waals surface area (Å²) in [6.45, 7) is 5.03. The molecule has 0 aromatic heterocycles. The Labute approximate surface area is 126 Å². The number of methoxy groups -OCH3 is 1.